The highest BCUT2D eigenvalue weighted by molar-refractivity contribution is 5.95. The van der Waals surface area contributed by atoms with Gasteiger partial charge in [-0.1, -0.05) is 30.3 Å². The normalized spacial score (nSPS) is 10.7. The molecule has 0 aliphatic rings. The first-order valence-corrected chi connectivity index (χ1v) is 8.91. The Bertz CT molecular complexity index is 1140. The molecule has 2 aromatic heterocycles. The molecule has 29 heavy (non-hydrogen) atoms. The minimum atomic E-state index is -0.178. The van der Waals surface area contributed by atoms with Crippen LogP contribution in [0.2, 0.25) is 0 Å². The predicted octanol–water partition coefficient (Wildman–Crippen LogP) is 3.05. The molecule has 0 saturated heterocycles. The van der Waals surface area contributed by atoms with Gasteiger partial charge in [-0.25, -0.2) is 4.98 Å². The van der Waals surface area contributed by atoms with E-state index in [2.05, 4.69) is 20.2 Å². The summed E-state index contributed by atoms with van der Waals surface area (Å²) in [7, 11) is 1.68. The molecule has 4 aromatic rings. The summed E-state index contributed by atoms with van der Waals surface area (Å²) in [5, 5.41) is 8.09. The third-order valence-electron chi connectivity index (χ3n) is 4.27. The van der Waals surface area contributed by atoms with E-state index in [0.717, 1.165) is 11.1 Å². The molecule has 0 unspecified atom stereocenters. The van der Waals surface area contributed by atoms with E-state index < -0.39 is 0 Å². The number of carbonyl (C=O) groups excluding carboxylic acids is 1. The Labute approximate surface area is 167 Å². The summed E-state index contributed by atoms with van der Waals surface area (Å²) < 4.78 is 5.68. The molecule has 0 fully saturated rings. The smallest absolute Gasteiger partial charge is 0.254 e. The van der Waals surface area contributed by atoms with Gasteiger partial charge in [0.05, 0.1) is 24.6 Å². The molecule has 2 aromatic carbocycles. The van der Waals surface area contributed by atoms with Crippen LogP contribution in [-0.4, -0.2) is 38.0 Å². The highest BCUT2D eigenvalue weighted by Gasteiger charge is 2.17. The lowest BCUT2D eigenvalue weighted by Crippen LogP contribution is -2.26. The van der Waals surface area contributed by atoms with Gasteiger partial charge in [0.2, 0.25) is 11.8 Å². The molecule has 0 aliphatic carbocycles. The third-order valence-corrected chi connectivity index (χ3v) is 4.27. The highest BCUT2D eigenvalue weighted by Crippen LogP contribution is 2.20. The summed E-state index contributed by atoms with van der Waals surface area (Å²) in [4.78, 5) is 22.7. The van der Waals surface area contributed by atoms with Crippen molar-refractivity contribution in [3.8, 4) is 22.7 Å². The Hall–Kier alpha value is -4.07. The minimum absolute atomic E-state index is 0.178. The maximum absolute atomic E-state index is 12.9. The first-order chi connectivity index (χ1) is 14.1. The van der Waals surface area contributed by atoms with Gasteiger partial charge in [0.1, 0.15) is 5.82 Å². The lowest BCUT2D eigenvalue weighted by atomic mass is 10.1. The zero-order valence-corrected chi connectivity index (χ0v) is 15.7. The van der Waals surface area contributed by atoms with Crippen molar-refractivity contribution in [2.45, 2.75) is 6.54 Å². The molecule has 2 heterocycles. The topological polar surface area (TPSA) is 111 Å². The van der Waals surface area contributed by atoms with Crippen molar-refractivity contribution in [3.05, 3.63) is 78.4 Å². The first kappa shape index (κ1) is 18.3. The summed E-state index contributed by atoms with van der Waals surface area (Å²) in [6, 6.07) is 16.6. The second-order valence-corrected chi connectivity index (χ2v) is 6.44. The molecule has 8 heteroatoms. The van der Waals surface area contributed by atoms with Crippen LogP contribution in [0.5, 0.6) is 0 Å². The van der Waals surface area contributed by atoms with Crippen LogP contribution in [0.4, 0.5) is 5.82 Å². The molecule has 0 bridgehead atoms. The second-order valence-electron chi connectivity index (χ2n) is 6.44. The summed E-state index contributed by atoms with van der Waals surface area (Å²) in [6.07, 6.45) is 3.08. The summed E-state index contributed by atoms with van der Waals surface area (Å²) >= 11 is 0. The number of nitrogen functional groups attached to an aromatic ring is 1. The average Bonchev–Trinajstić information content (AvgIpc) is 3.22. The maximum atomic E-state index is 12.9. The number of rotatable bonds is 5. The van der Waals surface area contributed by atoms with E-state index in [-0.39, 0.29) is 12.5 Å². The van der Waals surface area contributed by atoms with Gasteiger partial charge in [0, 0.05) is 23.7 Å². The van der Waals surface area contributed by atoms with Gasteiger partial charge in [0.25, 0.3) is 5.91 Å². The number of amides is 1. The minimum Gasteiger partial charge on any atom is -0.419 e. The Morgan fingerprint density at radius 3 is 2.62 bits per heavy atom. The highest BCUT2D eigenvalue weighted by atomic mass is 16.4. The van der Waals surface area contributed by atoms with E-state index in [1.54, 1.807) is 31.4 Å². The molecular weight excluding hydrogens is 368 g/mol. The van der Waals surface area contributed by atoms with E-state index in [1.165, 1.54) is 11.1 Å². The molecular formula is C21H18N6O2. The molecule has 0 atom stereocenters. The van der Waals surface area contributed by atoms with Crippen LogP contribution in [0.3, 0.4) is 0 Å². The van der Waals surface area contributed by atoms with Crippen LogP contribution in [0.15, 0.2) is 71.4 Å². The van der Waals surface area contributed by atoms with E-state index in [9.17, 15) is 4.79 Å². The fraction of sp³-hybridized carbons (Fsp3) is 0.0952. The monoisotopic (exact) mass is 386 g/mol. The molecule has 1 amide bonds. The number of hydrogen-bond donors (Lipinski definition) is 1. The van der Waals surface area contributed by atoms with Crippen molar-refractivity contribution in [2.75, 3.05) is 12.8 Å². The molecule has 144 valence electrons. The van der Waals surface area contributed by atoms with Gasteiger partial charge in [0.15, 0.2) is 0 Å². The summed E-state index contributed by atoms with van der Waals surface area (Å²) in [6.45, 7) is 0.195. The van der Waals surface area contributed by atoms with Crippen LogP contribution in [0.25, 0.3) is 22.7 Å². The van der Waals surface area contributed by atoms with E-state index in [4.69, 9.17) is 10.2 Å². The number of carbonyl (C=O) groups is 1. The Morgan fingerprint density at radius 2 is 1.83 bits per heavy atom. The third kappa shape index (κ3) is 4.11. The molecule has 0 radical (unpaired) electrons. The van der Waals surface area contributed by atoms with Crippen LogP contribution in [0, 0.1) is 0 Å². The lowest BCUT2D eigenvalue weighted by molar-refractivity contribution is 0.0773. The molecule has 2 N–H and O–H groups in total. The van der Waals surface area contributed by atoms with Crippen molar-refractivity contribution in [3.63, 3.8) is 0 Å². The van der Waals surface area contributed by atoms with Crippen LogP contribution in [-0.2, 0) is 6.54 Å². The fourth-order valence-electron chi connectivity index (χ4n) is 2.84. The first-order valence-electron chi connectivity index (χ1n) is 8.91. The van der Waals surface area contributed by atoms with Crippen molar-refractivity contribution >= 4 is 11.7 Å². The zero-order chi connectivity index (χ0) is 20.2. The zero-order valence-electron chi connectivity index (χ0n) is 15.7. The predicted molar refractivity (Wildman–Crippen MR) is 107 cm³/mol. The number of anilines is 1. The van der Waals surface area contributed by atoms with Crippen LogP contribution < -0.4 is 5.73 Å². The van der Waals surface area contributed by atoms with Crippen LogP contribution in [0.1, 0.15) is 16.2 Å². The number of hydrogen-bond acceptors (Lipinski definition) is 7. The van der Waals surface area contributed by atoms with Crippen molar-refractivity contribution in [1.82, 2.24) is 25.1 Å². The van der Waals surface area contributed by atoms with Gasteiger partial charge in [-0.15, -0.1) is 10.2 Å². The van der Waals surface area contributed by atoms with Crippen molar-refractivity contribution in [2.24, 2.45) is 0 Å². The summed E-state index contributed by atoms with van der Waals surface area (Å²) in [5.74, 6) is 0.923. The van der Waals surface area contributed by atoms with E-state index >= 15 is 0 Å². The largest absolute Gasteiger partial charge is 0.419 e. The van der Waals surface area contributed by atoms with E-state index in [1.807, 2.05) is 36.4 Å². The Morgan fingerprint density at radius 1 is 1.03 bits per heavy atom. The number of nitrogens with two attached hydrogens (primary N) is 1. The maximum Gasteiger partial charge on any atom is 0.254 e. The average molecular weight is 386 g/mol. The van der Waals surface area contributed by atoms with Gasteiger partial charge < -0.3 is 15.1 Å². The van der Waals surface area contributed by atoms with Gasteiger partial charge in [-0.05, 0) is 24.3 Å². The Balaban J connectivity index is 1.50. The Kier molecular flexibility index (Phi) is 4.98. The fourth-order valence-corrected chi connectivity index (χ4v) is 2.84. The van der Waals surface area contributed by atoms with Gasteiger partial charge in [-0.3, -0.25) is 9.78 Å². The SMILES string of the molecule is CN(Cc1nnc(-c2ccccc2)o1)C(=O)c1cccc(-c2cncc(N)n2)c1. The molecule has 0 aliphatic heterocycles. The van der Waals surface area contributed by atoms with Gasteiger partial charge in [-0.2, -0.15) is 0 Å². The molecule has 8 nitrogen and oxygen atoms in total. The molecule has 0 spiro atoms. The summed E-state index contributed by atoms with van der Waals surface area (Å²) in [5.41, 5.74) is 8.40. The van der Waals surface area contributed by atoms with Crippen molar-refractivity contribution in [1.29, 1.82) is 0 Å². The molecule has 4 rings (SSSR count). The second kappa shape index (κ2) is 7.89. The van der Waals surface area contributed by atoms with E-state index in [0.29, 0.717) is 28.9 Å². The number of nitrogens with zero attached hydrogens (tertiary/aromatic N) is 5. The van der Waals surface area contributed by atoms with Gasteiger partial charge >= 0.3 is 0 Å². The number of benzene rings is 2. The standard InChI is InChI=1S/C21H18N6O2/c1-27(13-19-25-26-20(29-19)14-6-3-2-4-7-14)21(28)16-9-5-8-15(10-16)17-11-23-12-18(22)24-17/h2-12H,13H2,1H3,(H2,22,24). The number of aromatic nitrogens is 4. The van der Waals surface area contributed by atoms with Crippen LogP contribution >= 0.6 is 0 Å². The quantitative estimate of drug-likeness (QED) is 0.561. The lowest BCUT2D eigenvalue weighted by Gasteiger charge is -2.15. The molecule has 0 saturated carbocycles. The van der Waals surface area contributed by atoms with Crippen molar-refractivity contribution < 1.29 is 9.21 Å².